The van der Waals surface area contributed by atoms with E-state index in [0.29, 0.717) is 6.42 Å². The zero-order valence-corrected chi connectivity index (χ0v) is 8.88. The fourth-order valence-corrected chi connectivity index (χ4v) is 1.87. The van der Waals surface area contributed by atoms with Crippen LogP contribution in [0.4, 0.5) is 18.9 Å². The molecule has 86 valence electrons. The maximum atomic E-state index is 12.5. The van der Waals surface area contributed by atoms with Gasteiger partial charge in [-0.1, -0.05) is 6.08 Å². The maximum absolute atomic E-state index is 12.5. The molecular formula is C12H12F3N. The van der Waals surface area contributed by atoms with E-state index in [9.17, 15) is 13.2 Å². The largest absolute Gasteiger partial charge is 0.416 e. The van der Waals surface area contributed by atoms with Crippen molar-refractivity contribution in [2.45, 2.75) is 19.5 Å². The molecule has 0 unspecified atom stereocenters. The predicted octanol–water partition coefficient (Wildman–Crippen LogP) is 3.60. The van der Waals surface area contributed by atoms with Crippen molar-refractivity contribution in [3.05, 3.63) is 41.6 Å². The molecule has 1 aromatic rings. The van der Waals surface area contributed by atoms with Gasteiger partial charge in [0, 0.05) is 18.4 Å². The number of anilines is 1. The monoisotopic (exact) mass is 227 g/mol. The number of rotatable bonds is 1. The third-order valence-corrected chi connectivity index (χ3v) is 2.68. The van der Waals surface area contributed by atoms with E-state index >= 15 is 0 Å². The van der Waals surface area contributed by atoms with Crippen molar-refractivity contribution in [3.63, 3.8) is 0 Å². The van der Waals surface area contributed by atoms with Crippen LogP contribution in [0.25, 0.3) is 0 Å². The van der Waals surface area contributed by atoms with Crippen LogP contribution in [0.5, 0.6) is 0 Å². The van der Waals surface area contributed by atoms with E-state index < -0.39 is 11.7 Å². The highest BCUT2D eigenvalue weighted by Gasteiger charge is 2.31. The molecule has 0 aromatic heterocycles. The molecule has 1 aliphatic heterocycles. The van der Waals surface area contributed by atoms with Crippen molar-refractivity contribution in [3.8, 4) is 0 Å². The van der Waals surface area contributed by atoms with Gasteiger partial charge < -0.3 is 4.90 Å². The summed E-state index contributed by atoms with van der Waals surface area (Å²) in [4.78, 5) is 1.94. The fourth-order valence-electron chi connectivity index (χ4n) is 1.87. The Labute approximate surface area is 92.2 Å². The highest BCUT2D eigenvalue weighted by atomic mass is 19.4. The summed E-state index contributed by atoms with van der Waals surface area (Å²) in [5.41, 5.74) is 1.04. The van der Waals surface area contributed by atoms with Crippen molar-refractivity contribution in [2.24, 2.45) is 0 Å². The molecule has 0 aliphatic carbocycles. The summed E-state index contributed by atoms with van der Waals surface area (Å²) in [7, 11) is 0. The molecule has 0 saturated carbocycles. The number of hydrogen-bond acceptors (Lipinski definition) is 1. The summed E-state index contributed by atoms with van der Waals surface area (Å²) in [5, 5.41) is 0. The third kappa shape index (κ3) is 1.92. The lowest BCUT2D eigenvalue weighted by atomic mass is 10.0. The Kier molecular flexibility index (Phi) is 2.66. The Hall–Kier alpha value is -1.45. The molecule has 4 heteroatoms. The van der Waals surface area contributed by atoms with E-state index in [1.165, 1.54) is 6.07 Å². The fraction of sp³-hybridized carbons (Fsp3) is 0.333. The summed E-state index contributed by atoms with van der Waals surface area (Å²) in [5.74, 6) is 0. The maximum Gasteiger partial charge on any atom is 0.416 e. The van der Waals surface area contributed by atoms with Crippen LogP contribution >= 0.6 is 0 Å². The Morgan fingerprint density at radius 1 is 1.31 bits per heavy atom. The van der Waals surface area contributed by atoms with Crippen LogP contribution in [0.1, 0.15) is 18.1 Å². The molecule has 0 fully saturated rings. The molecular weight excluding hydrogens is 215 g/mol. The van der Waals surface area contributed by atoms with Gasteiger partial charge in [0.15, 0.2) is 0 Å². The number of halogens is 3. The highest BCUT2D eigenvalue weighted by Crippen LogP contribution is 2.34. The van der Waals surface area contributed by atoms with Crippen molar-refractivity contribution in [1.29, 1.82) is 0 Å². The minimum Gasteiger partial charge on any atom is -0.348 e. The molecule has 0 spiro atoms. The van der Waals surface area contributed by atoms with Crippen LogP contribution in [-0.4, -0.2) is 6.54 Å². The lowest BCUT2D eigenvalue weighted by Gasteiger charge is -2.25. The quantitative estimate of drug-likeness (QED) is 0.708. The number of nitrogens with zero attached hydrogens (tertiary/aromatic N) is 1. The van der Waals surface area contributed by atoms with Gasteiger partial charge in [-0.15, -0.1) is 0 Å². The lowest BCUT2D eigenvalue weighted by Crippen LogP contribution is -2.20. The Morgan fingerprint density at radius 2 is 2.06 bits per heavy atom. The number of benzene rings is 1. The average molecular weight is 227 g/mol. The number of hydrogen-bond donors (Lipinski definition) is 0. The molecule has 0 saturated heterocycles. The summed E-state index contributed by atoms with van der Waals surface area (Å²) in [6.45, 7) is 2.73. The smallest absolute Gasteiger partial charge is 0.348 e. The zero-order valence-electron chi connectivity index (χ0n) is 8.88. The standard InChI is InChI=1S/C12H12F3N/c1-2-16-7-3-4-9-8-10(12(13,14)15)5-6-11(9)16/h3,5-8H,2,4H2,1H3. The summed E-state index contributed by atoms with van der Waals surface area (Å²) in [6, 6.07) is 3.92. The van der Waals surface area contributed by atoms with Gasteiger partial charge in [0.05, 0.1) is 5.56 Å². The molecule has 16 heavy (non-hydrogen) atoms. The van der Waals surface area contributed by atoms with Crippen LogP contribution in [0.15, 0.2) is 30.5 Å². The number of alkyl halides is 3. The predicted molar refractivity (Wildman–Crippen MR) is 57.3 cm³/mol. The lowest BCUT2D eigenvalue weighted by molar-refractivity contribution is -0.137. The van der Waals surface area contributed by atoms with Crippen LogP contribution in [0.3, 0.4) is 0 Å². The second kappa shape index (κ2) is 3.85. The first-order chi connectivity index (χ1) is 7.52. The van der Waals surface area contributed by atoms with Gasteiger partial charge in [0.1, 0.15) is 0 Å². The first kappa shape index (κ1) is 11.0. The van der Waals surface area contributed by atoms with Gasteiger partial charge in [-0.3, -0.25) is 0 Å². The second-order valence-corrected chi connectivity index (χ2v) is 3.72. The second-order valence-electron chi connectivity index (χ2n) is 3.72. The summed E-state index contributed by atoms with van der Waals surface area (Å²) >= 11 is 0. The SMILES string of the molecule is CCN1C=CCc2cc(C(F)(F)F)ccc21. The first-order valence-electron chi connectivity index (χ1n) is 5.16. The van der Waals surface area contributed by atoms with Crippen LogP contribution < -0.4 is 4.90 Å². The van der Waals surface area contributed by atoms with Gasteiger partial charge in [-0.2, -0.15) is 13.2 Å². The summed E-state index contributed by atoms with van der Waals surface area (Å²) in [6.07, 6.45) is 0.102. The van der Waals surface area contributed by atoms with Crippen molar-refractivity contribution >= 4 is 5.69 Å². The van der Waals surface area contributed by atoms with Gasteiger partial charge in [-0.25, -0.2) is 0 Å². The average Bonchev–Trinajstić information content (AvgIpc) is 2.26. The molecule has 1 nitrogen and oxygen atoms in total. The Morgan fingerprint density at radius 3 is 2.69 bits per heavy atom. The highest BCUT2D eigenvalue weighted by molar-refractivity contribution is 5.60. The van der Waals surface area contributed by atoms with Crippen molar-refractivity contribution < 1.29 is 13.2 Å². The first-order valence-corrected chi connectivity index (χ1v) is 5.16. The minimum atomic E-state index is -4.26. The Balaban J connectivity index is 2.42. The van der Waals surface area contributed by atoms with E-state index in [1.54, 1.807) is 6.07 Å². The minimum absolute atomic E-state index is 0.565. The van der Waals surface area contributed by atoms with E-state index in [4.69, 9.17) is 0 Å². The zero-order chi connectivity index (χ0) is 11.8. The van der Waals surface area contributed by atoms with Crippen LogP contribution in [0.2, 0.25) is 0 Å². The molecule has 0 radical (unpaired) electrons. The Bertz CT molecular complexity index is 421. The molecule has 1 aromatic carbocycles. The van der Waals surface area contributed by atoms with Gasteiger partial charge in [-0.05, 0) is 37.1 Å². The molecule has 0 N–H and O–H groups in total. The molecule has 1 heterocycles. The van der Waals surface area contributed by atoms with Crippen LogP contribution in [-0.2, 0) is 12.6 Å². The third-order valence-electron chi connectivity index (χ3n) is 2.68. The topological polar surface area (TPSA) is 3.24 Å². The van der Waals surface area contributed by atoms with E-state index in [-0.39, 0.29) is 0 Å². The normalized spacial score (nSPS) is 15.1. The summed E-state index contributed by atoms with van der Waals surface area (Å²) < 4.78 is 37.5. The van der Waals surface area contributed by atoms with E-state index in [0.717, 1.165) is 23.9 Å². The molecule has 1 aliphatic rings. The van der Waals surface area contributed by atoms with Crippen LogP contribution in [0, 0.1) is 0 Å². The van der Waals surface area contributed by atoms with Gasteiger partial charge in [0.25, 0.3) is 0 Å². The molecule has 0 amide bonds. The van der Waals surface area contributed by atoms with Crippen molar-refractivity contribution in [1.82, 2.24) is 0 Å². The molecule has 0 atom stereocenters. The number of fused-ring (bicyclic) bond motifs is 1. The van der Waals surface area contributed by atoms with E-state index in [1.807, 2.05) is 24.1 Å². The molecule has 0 bridgehead atoms. The molecule has 2 rings (SSSR count). The van der Waals surface area contributed by atoms with Gasteiger partial charge in [0.2, 0.25) is 0 Å². The number of allylic oxidation sites excluding steroid dienone is 1. The van der Waals surface area contributed by atoms with E-state index in [2.05, 4.69) is 0 Å². The van der Waals surface area contributed by atoms with Gasteiger partial charge >= 0.3 is 6.18 Å². The van der Waals surface area contributed by atoms with Crippen molar-refractivity contribution in [2.75, 3.05) is 11.4 Å².